The number of benzene rings is 1. The van der Waals surface area contributed by atoms with Gasteiger partial charge in [0.05, 0.1) is 13.2 Å². The summed E-state index contributed by atoms with van der Waals surface area (Å²) in [4.78, 5) is 11.5. The maximum absolute atomic E-state index is 11.5. The number of carbonyl (C=O) groups is 1. The van der Waals surface area contributed by atoms with Crippen LogP contribution in [0, 0.1) is 13.8 Å². The van der Waals surface area contributed by atoms with E-state index in [0.717, 1.165) is 16.8 Å². The molecule has 4 heteroatoms. The standard InChI is InChI=1S/C12H18N2O2/c1-9-5-10(2)7-11(6-9)14-12(16)8-13-3-4-15/h5-7,13,15H,3-4,8H2,1-2H3,(H,14,16). The smallest absolute Gasteiger partial charge is 0.238 e. The van der Waals surface area contributed by atoms with Gasteiger partial charge in [-0.3, -0.25) is 4.79 Å². The summed E-state index contributed by atoms with van der Waals surface area (Å²) >= 11 is 0. The molecule has 1 rings (SSSR count). The second kappa shape index (κ2) is 6.25. The highest BCUT2D eigenvalue weighted by Crippen LogP contribution is 2.13. The molecular weight excluding hydrogens is 204 g/mol. The third kappa shape index (κ3) is 4.42. The highest BCUT2D eigenvalue weighted by Gasteiger charge is 2.02. The number of hydrogen-bond donors (Lipinski definition) is 3. The van der Waals surface area contributed by atoms with Crippen LogP contribution in [0.3, 0.4) is 0 Å². The van der Waals surface area contributed by atoms with Gasteiger partial charge in [0.1, 0.15) is 0 Å². The van der Waals surface area contributed by atoms with Crippen LogP contribution in [0.5, 0.6) is 0 Å². The minimum absolute atomic E-state index is 0.0385. The Hall–Kier alpha value is -1.39. The van der Waals surface area contributed by atoms with E-state index in [1.165, 1.54) is 0 Å². The Morgan fingerprint density at radius 2 is 1.88 bits per heavy atom. The molecule has 1 aromatic carbocycles. The van der Waals surface area contributed by atoms with Crippen molar-refractivity contribution in [1.29, 1.82) is 0 Å². The maximum Gasteiger partial charge on any atom is 0.238 e. The minimum Gasteiger partial charge on any atom is -0.395 e. The first-order valence-electron chi connectivity index (χ1n) is 5.31. The van der Waals surface area contributed by atoms with Gasteiger partial charge < -0.3 is 15.7 Å². The van der Waals surface area contributed by atoms with Crippen LogP contribution in [0.15, 0.2) is 18.2 Å². The third-order valence-electron chi connectivity index (χ3n) is 2.08. The first kappa shape index (κ1) is 12.7. The molecule has 0 heterocycles. The molecule has 0 unspecified atom stereocenters. The van der Waals surface area contributed by atoms with Crippen LogP contribution < -0.4 is 10.6 Å². The lowest BCUT2D eigenvalue weighted by Gasteiger charge is -2.07. The Morgan fingerprint density at radius 3 is 2.44 bits per heavy atom. The SMILES string of the molecule is Cc1cc(C)cc(NC(=O)CNCCO)c1. The minimum atomic E-state index is -0.0987. The lowest BCUT2D eigenvalue weighted by Crippen LogP contribution is -2.29. The van der Waals surface area contributed by atoms with Gasteiger partial charge in [-0.25, -0.2) is 0 Å². The Balaban J connectivity index is 2.49. The summed E-state index contributed by atoms with van der Waals surface area (Å²) < 4.78 is 0. The molecule has 1 aromatic rings. The molecule has 1 amide bonds. The number of amides is 1. The van der Waals surface area contributed by atoms with Crippen molar-refractivity contribution in [2.45, 2.75) is 13.8 Å². The second-order valence-corrected chi connectivity index (χ2v) is 3.82. The average molecular weight is 222 g/mol. The highest BCUT2D eigenvalue weighted by atomic mass is 16.3. The van der Waals surface area contributed by atoms with Crippen molar-refractivity contribution in [2.75, 3.05) is 25.0 Å². The molecule has 16 heavy (non-hydrogen) atoms. The molecule has 4 nitrogen and oxygen atoms in total. The molecule has 0 saturated heterocycles. The number of aliphatic hydroxyl groups excluding tert-OH is 1. The molecule has 3 N–H and O–H groups in total. The molecule has 0 aliphatic carbocycles. The normalized spacial score (nSPS) is 10.2. The Labute approximate surface area is 95.7 Å². The summed E-state index contributed by atoms with van der Waals surface area (Å²) in [7, 11) is 0. The van der Waals surface area contributed by atoms with E-state index in [-0.39, 0.29) is 19.1 Å². The number of hydrogen-bond acceptors (Lipinski definition) is 3. The van der Waals surface area contributed by atoms with Gasteiger partial charge in [0, 0.05) is 12.2 Å². The molecule has 0 atom stereocenters. The lowest BCUT2D eigenvalue weighted by atomic mass is 10.1. The van der Waals surface area contributed by atoms with Gasteiger partial charge in [0.25, 0.3) is 0 Å². The van der Waals surface area contributed by atoms with Gasteiger partial charge in [-0.1, -0.05) is 6.07 Å². The van der Waals surface area contributed by atoms with Crippen LogP contribution in [-0.2, 0) is 4.79 Å². The predicted octanol–water partition coefficient (Wildman–Crippen LogP) is 0.824. The molecule has 0 fully saturated rings. The summed E-state index contributed by atoms with van der Waals surface area (Å²) in [5.74, 6) is -0.0987. The molecular formula is C12H18N2O2. The van der Waals surface area contributed by atoms with Gasteiger partial charge in [0.15, 0.2) is 0 Å². The van der Waals surface area contributed by atoms with Gasteiger partial charge in [0.2, 0.25) is 5.91 Å². The zero-order valence-corrected chi connectivity index (χ0v) is 9.71. The fourth-order valence-electron chi connectivity index (χ4n) is 1.53. The lowest BCUT2D eigenvalue weighted by molar-refractivity contribution is -0.115. The van der Waals surface area contributed by atoms with Crippen LogP contribution in [0.25, 0.3) is 0 Å². The van der Waals surface area contributed by atoms with Crippen molar-refractivity contribution in [3.63, 3.8) is 0 Å². The molecule has 0 radical (unpaired) electrons. The van der Waals surface area contributed by atoms with Crippen molar-refractivity contribution in [2.24, 2.45) is 0 Å². The average Bonchev–Trinajstić information content (AvgIpc) is 2.16. The topological polar surface area (TPSA) is 61.4 Å². The molecule has 0 spiro atoms. The van der Waals surface area contributed by atoms with Gasteiger partial charge in [-0.2, -0.15) is 0 Å². The second-order valence-electron chi connectivity index (χ2n) is 3.82. The van der Waals surface area contributed by atoms with E-state index in [1.807, 2.05) is 26.0 Å². The molecule has 88 valence electrons. The van der Waals surface area contributed by atoms with Crippen LogP contribution >= 0.6 is 0 Å². The molecule has 0 bridgehead atoms. The van der Waals surface area contributed by atoms with E-state index in [4.69, 9.17) is 5.11 Å². The van der Waals surface area contributed by atoms with Crippen molar-refractivity contribution in [3.05, 3.63) is 29.3 Å². The van der Waals surface area contributed by atoms with Gasteiger partial charge in [-0.05, 0) is 37.1 Å². The van der Waals surface area contributed by atoms with Gasteiger partial charge in [-0.15, -0.1) is 0 Å². The van der Waals surface area contributed by atoms with Crippen molar-refractivity contribution in [3.8, 4) is 0 Å². The first-order chi connectivity index (χ1) is 7.61. The maximum atomic E-state index is 11.5. The summed E-state index contributed by atoms with van der Waals surface area (Å²) in [5.41, 5.74) is 3.06. The summed E-state index contributed by atoms with van der Waals surface area (Å²) in [6.45, 7) is 4.67. The van der Waals surface area contributed by atoms with Crippen LogP contribution in [0.4, 0.5) is 5.69 Å². The number of nitrogens with one attached hydrogen (secondary N) is 2. The summed E-state index contributed by atoms with van der Waals surface area (Å²) in [6, 6.07) is 5.91. The van der Waals surface area contributed by atoms with E-state index in [0.29, 0.717) is 6.54 Å². The number of carbonyl (C=O) groups excluding carboxylic acids is 1. The van der Waals surface area contributed by atoms with E-state index in [1.54, 1.807) is 0 Å². The van der Waals surface area contributed by atoms with Gasteiger partial charge >= 0.3 is 0 Å². The zero-order chi connectivity index (χ0) is 12.0. The molecule has 0 aliphatic rings. The van der Waals surface area contributed by atoms with Crippen molar-refractivity contribution < 1.29 is 9.90 Å². The predicted molar refractivity (Wildman–Crippen MR) is 64.5 cm³/mol. The first-order valence-corrected chi connectivity index (χ1v) is 5.31. The Morgan fingerprint density at radius 1 is 1.25 bits per heavy atom. The zero-order valence-electron chi connectivity index (χ0n) is 9.71. The number of aliphatic hydroxyl groups is 1. The van der Waals surface area contributed by atoms with Crippen molar-refractivity contribution >= 4 is 11.6 Å². The van der Waals surface area contributed by atoms with Crippen LogP contribution in [0.1, 0.15) is 11.1 Å². The van der Waals surface area contributed by atoms with E-state index < -0.39 is 0 Å². The fraction of sp³-hybridized carbons (Fsp3) is 0.417. The monoisotopic (exact) mass is 222 g/mol. The molecule has 0 saturated carbocycles. The molecule has 0 aliphatic heterocycles. The largest absolute Gasteiger partial charge is 0.395 e. The highest BCUT2D eigenvalue weighted by molar-refractivity contribution is 5.92. The Bertz CT molecular complexity index is 344. The van der Waals surface area contributed by atoms with E-state index in [2.05, 4.69) is 16.7 Å². The quantitative estimate of drug-likeness (QED) is 0.646. The number of anilines is 1. The summed E-state index contributed by atoms with van der Waals surface area (Å²) in [5, 5.41) is 14.2. The third-order valence-corrected chi connectivity index (χ3v) is 2.08. The summed E-state index contributed by atoms with van der Waals surface area (Å²) in [6.07, 6.45) is 0. The number of aryl methyl sites for hydroxylation is 2. The van der Waals surface area contributed by atoms with Crippen molar-refractivity contribution in [1.82, 2.24) is 5.32 Å². The Kier molecular flexibility index (Phi) is 4.95. The van der Waals surface area contributed by atoms with E-state index in [9.17, 15) is 4.79 Å². The molecule has 0 aromatic heterocycles. The van der Waals surface area contributed by atoms with E-state index >= 15 is 0 Å². The number of rotatable bonds is 5. The van der Waals surface area contributed by atoms with Crippen LogP contribution in [0.2, 0.25) is 0 Å². The van der Waals surface area contributed by atoms with Crippen LogP contribution in [-0.4, -0.2) is 30.7 Å². The fourth-order valence-corrected chi connectivity index (χ4v) is 1.53.